The number of rotatable bonds is 5. The van der Waals surface area contributed by atoms with Crippen LogP contribution in [-0.4, -0.2) is 9.55 Å². The molecule has 3 aromatic carbocycles. The van der Waals surface area contributed by atoms with E-state index in [0.29, 0.717) is 0 Å². The van der Waals surface area contributed by atoms with E-state index in [1.807, 2.05) is 18.2 Å². The Kier molecular flexibility index (Phi) is 5.14. The number of para-hydroxylation sites is 3. The zero-order valence-corrected chi connectivity index (χ0v) is 18.4. The summed E-state index contributed by atoms with van der Waals surface area (Å²) in [6.45, 7) is 4.32. The van der Waals surface area contributed by atoms with Gasteiger partial charge in [-0.1, -0.05) is 54.6 Å². The van der Waals surface area contributed by atoms with Gasteiger partial charge in [0, 0.05) is 39.4 Å². The normalized spacial score (nSPS) is 10.9. The van der Waals surface area contributed by atoms with E-state index in [2.05, 4.69) is 108 Å². The fourth-order valence-electron chi connectivity index (χ4n) is 4.01. The summed E-state index contributed by atoms with van der Waals surface area (Å²) < 4.78 is 2.29. The summed E-state index contributed by atoms with van der Waals surface area (Å²) in [5.74, 6) is 0. The average molecular weight is 422 g/mol. The molecule has 2 aromatic heterocycles. The minimum atomic E-state index is 0.955. The van der Waals surface area contributed by atoms with Crippen LogP contribution >= 0.6 is 11.3 Å². The van der Waals surface area contributed by atoms with Crippen LogP contribution in [0.5, 0.6) is 0 Å². The number of benzene rings is 3. The van der Waals surface area contributed by atoms with Gasteiger partial charge >= 0.3 is 0 Å². The summed E-state index contributed by atoms with van der Waals surface area (Å²) in [7, 11) is 0. The minimum Gasteiger partial charge on any atom is -0.318 e. The van der Waals surface area contributed by atoms with Crippen LogP contribution in [0, 0.1) is 13.8 Å². The molecule has 5 rings (SSSR count). The van der Waals surface area contributed by atoms with Crippen molar-refractivity contribution in [3.8, 4) is 16.9 Å². The van der Waals surface area contributed by atoms with Gasteiger partial charge in [0.25, 0.3) is 0 Å². The SMILES string of the molecule is Cc1cc(-c2csc(N(c3ccccc3)c3ccccc3)n2)c(C)n1-c1ccccc1. The molecular formula is C27H23N3S. The van der Waals surface area contributed by atoms with Crippen molar-refractivity contribution in [3.63, 3.8) is 0 Å². The first-order chi connectivity index (χ1) is 15.2. The second kappa shape index (κ2) is 8.25. The molecule has 0 atom stereocenters. The largest absolute Gasteiger partial charge is 0.318 e. The molecule has 0 bridgehead atoms. The molecular weight excluding hydrogens is 398 g/mol. The predicted octanol–water partition coefficient (Wildman–Crippen LogP) is 7.69. The lowest BCUT2D eigenvalue weighted by molar-refractivity contribution is 0.966. The summed E-state index contributed by atoms with van der Waals surface area (Å²) in [5.41, 5.74) is 7.96. The lowest BCUT2D eigenvalue weighted by Gasteiger charge is -2.22. The molecule has 0 amide bonds. The number of anilines is 3. The highest BCUT2D eigenvalue weighted by atomic mass is 32.1. The van der Waals surface area contributed by atoms with Crippen LogP contribution in [0.2, 0.25) is 0 Å². The maximum absolute atomic E-state index is 5.07. The van der Waals surface area contributed by atoms with Crippen molar-refractivity contribution < 1.29 is 0 Å². The van der Waals surface area contributed by atoms with E-state index in [0.717, 1.165) is 22.2 Å². The molecule has 2 heterocycles. The van der Waals surface area contributed by atoms with Crippen LogP contribution in [-0.2, 0) is 0 Å². The van der Waals surface area contributed by atoms with E-state index in [9.17, 15) is 0 Å². The fourth-order valence-corrected chi connectivity index (χ4v) is 4.88. The third-order valence-corrected chi connectivity index (χ3v) is 6.26. The van der Waals surface area contributed by atoms with Crippen molar-refractivity contribution in [1.82, 2.24) is 9.55 Å². The van der Waals surface area contributed by atoms with E-state index < -0.39 is 0 Å². The highest BCUT2D eigenvalue weighted by molar-refractivity contribution is 7.14. The van der Waals surface area contributed by atoms with Crippen molar-refractivity contribution in [3.05, 3.63) is 114 Å². The molecule has 0 spiro atoms. The Labute approximate surface area is 186 Å². The molecule has 0 aliphatic carbocycles. The zero-order chi connectivity index (χ0) is 21.2. The molecule has 0 N–H and O–H groups in total. The molecule has 0 unspecified atom stereocenters. The third-order valence-electron chi connectivity index (χ3n) is 5.43. The van der Waals surface area contributed by atoms with E-state index in [1.54, 1.807) is 11.3 Å². The van der Waals surface area contributed by atoms with Crippen molar-refractivity contribution >= 4 is 27.8 Å². The smallest absolute Gasteiger partial charge is 0.195 e. The lowest BCUT2D eigenvalue weighted by Crippen LogP contribution is -2.09. The Balaban J connectivity index is 1.58. The standard InChI is InChI=1S/C27H23N3S/c1-20-18-25(21(2)29(20)22-12-6-3-7-13-22)26-19-31-27(28-26)30(23-14-8-4-9-15-23)24-16-10-5-11-17-24/h3-19H,1-2H3. The molecule has 31 heavy (non-hydrogen) atoms. The van der Waals surface area contributed by atoms with Gasteiger partial charge < -0.3 is 4.57 Å². The van der Waals surface area contributed by atoms with Gasteiger partial charge in [0.2, 0.25) is 0 Å². The van der Waals surface area contributed by atoms with Crippen molar-refractivity contribution in [2.45, 2.75) is 13.8 Å². The fraction of sp³-hybridized carbons (Fsp3) is 0.0741. The Morgan fingerprint density at radius 1 is 0.742 bits per heavy atom. The molecule has 3 nitrogen and oxygen atoms in total. The van der Waals surface area contributed by atoms with E-state index >= 15 is 0 Å². The van der Waals surface area contributed by atoms with Gasteiger partial charge in [0.05, 0.1) is 5.69 Å². The number of thiazole rings is 1. The summed E-state index contributed by atoms with van der Waals surface area (Å²) in [4.78, 5) is 7.29. The Morgan fingerprint density at radius 2 is 1.29 bits per heavy atom. The predicted molar refractivity (Wildman–Crippen MR) is 131 cm³/mol. The maximum Gasteiger partial charge on any atom is 0.195 e. The molecule has 152 valence electrons. The van der Waals surface area contributed by atoms with Crippen LogP contribution in [0.1, 0.15) is 11.4 Å². The lowest BCUT2D eigenvalue weighted by atomic mass is 10.2. The van der Waals surface area contributed by atoms with Crippen molar-refractivity contribution in [2.24, 2.45) is 0 Å². The topological polar surface area (TPSA) is 21.1 Å². The highest BCUT2D eigenvalue weighted by Gasteiger charge is 2.19. The summed E-state index contributed by atoms with van der Waals surface area (Å²) in [6.07, 6.45) is 0. The summed E-state index contributed by atoms with van der Waals surface area (Å²) in [6, 6.07) is 33.5. The molecule has 0 fully saturated rings. The number of nitrogens with zero attached hydrogens (tertiary/aromatic N) is 3. The second-order valence-electron chi connectivity index (χ2n) is 7.48. The van der Waals surface area contributed by atoms with Crippen LogP contribution in [0.3, 0.4) is 0 Å². The van der Waals surface area contributed by atoms with Crippen LogP contribution in [0.25, 0.3) is 16.9 Å². The summed E-state index contributed by atoms with van der Waals surface area (Å²) >= 11 is 1.67. The highest BCUT2D eigenvalue weighted by Crippen LogP contribution is 2.39. The average Bonchev–Trinajstić information content (AvgIpc) is 3.40. The molecule has 5 aromatic rings. The summed E-state index contributed by atoms with van der Waals surface area (Å²) in [5, 5.41) is 3.11. The first-order valence-corrected chi connectivity index (χ1v) is 11.2. The zero-order valence-electron chi connectivity index (χ0n) is 17.6. The maximum atomic E-state index is 5.07. The molecule has 0 radical (unpaired) electrons. The third kappa shape index (κ3) is 3.66. The van der Waals surface area contributed by atoms with Crippen LogP contribution < -0.4 is 4.90 Å². The second-order valence-corrected chi connectivity index (χ2v) is 8.31. The first kappa shape index (κ1) is 19.3. The first-order valence-electron chi connectivity index (χ1n) is 10.3. The van der Waals surface area contributed by atoms with Crippen molar-refractivity contribution in [1.29, 1.82) is 0 Å². The van der Waals surface area contributed by atoms with Gasteiger partial charge in [-0.3, -0.25) is 4.90 Å². The van der Waals surface area contributed by atoms with E-state index in [4.69, 9.17) is 4.98 Å². The van der Waals surface area contributed by atoms with Crippen LogP contribution in [0.15, 0.2) is 102 Å². The Morgan fingerprint density at radius 3 is 1.87 bits per heavy atom. The number of aromatic nitrogens is 2. The molecule has 0 saturated heterocycles. The van der Waals surface area contributed by atoms with Gasteiger partial charge in [0.1, 0.15) is 0 Å². The Bertz CT molecular complexity index is 1250. The van der Waals surface area contributed by atoms with Gasteiger partial charge in [-0.15, -0.1) is 11.3 Å². The van der Waals surface area contributed by atoms with Crippen LogP contribution in [0.4, 0.5) is 16.5 Å². The number of hydrogen-bond donors (Lipinski definition) is 0. The Hall–Kier alpha value is -3.63. The molecule has 0 saturated carbocycles. The van der Waals surface area contributed by atoms with Gasteiger partial charge in [0.15, 0.2) is 5.13 Å². The minimum absolute atomic E-state index is 0.955. The molecule has 0 aliphatic rings. The number of hydrogen-bond acceptors (Lipinski definition) is 3. The van der Waals surface area contributed by atoms with E-state index in [-0.39, 0.29) is 0 Å². The van der Waals surface area contributed by atoms with Gasteiger partial charge in [-0.25, -0.2) is 4.98 Å². The van der Waals surface area contributed by atoms with Crippen molar-refractivity contribution in [2.75, 3.05) is 4.90 Å². The van der Waals surface area contributed by atoms with Gasteiger partial charge in [-0.2, -0.15) is 0 Å². The monoisotopic (exact) mass is 421 g/mol. The van der Waals surface area contributed by atoms with E-state index in [1.165, 1.54) is 22.6 Å². The molecule has 4 heteroatoms. The van der Waals surface area contributed by atoms with Gasteiger partial charge in [-0.05, 0) is 56.3 Å². The number of aryl methyl sites for hydroxylation is 1. The quantitative estimate of drug-likeness (QED) is 0.290. The molecule has 0 aliphatic heterocycles.